The quantitative estimate of drug-likeness (QED) is 0.314. The zero-order valence-electron chi connectivity index (χ0n) is 22.6. The van der Waals surface area contributed by atoms with Crippen molar-refractivity contribution in [3.63, 3.8) is 0 Å². The van der Waals surface area contributed by atoms with Gasteiger partial charge in [-0.15, -0.1) is 10.2 Å². The number of ether oxygens (including phenoxy) is 1. The first-order valence-corrected chi connectivity index (χ1v) is 13.8. The van der Waals surface area contributed by atoms with Gasteiger partial charge in [-0.2, -0.15) is 13.2 Å². The van der Waals surface area contributed by atoms with Gasteiger partial charge in [0.2, 0.25) is 0 Å². The zero-order valence-corrected chi connectivity index (χ0v) is 22.6. The van der Waals surface area contributed by atoms with Crippen LogP contribution in [-0.4, -0.2) is 54.9 Å². The Balaban J connectivity index is 1.42. The number of imidazole rings is 1. The van der Waals surface area contributed by atoms with Crippen LogP contribution in [0.2, 0.25) is 0 Å². The molecule has 0 spiro atoms. The fourth-order valence-electron chi connectivity index (χ4n) is 6.31. The van der Waals surface area contributed by atoms with Crippen LogP contribution in [0.4, 0.5) is 13.2 Å². The van der Waals surface area contributed by atoms with E-state index < -0.39 is 17.4 Å². The number of halogens is 3. The van der Waals surface area contributed by atoms with E-state index >= 15 is 0 Å². The topological polar surface area (TPSA) is 69.6 Å². The highest BCUT2D eigenvalue weighted by Gasteiger charge is 2.36. The Morgan fingerprint density at radius 2 is 1.95 bits per heavy atom. The van der Waals surface area contributed by atoms with Crippen LogP contribution in [-0.2, 0) is 24.5 Å². The molecule has 0 radical (unpaired) electrons. The molecule has 1 aliphatic carbocycles. The molecule has 1 aliphatic heterocycles. The molecular formula is C29H33F3N6O2. The Labute approximate surface area is 230 Å². The molecule has 0 bridgehead atoms. The largest absolute Gasteiger partial charge is 0.418 e. The first-order chi connectivity index (χ1) is 19.2. The van der Waals surface area contributed by atoms with Crippen molar-refractivity contribution in [1.82, 2.24) is 28.6 Å². The molecule has 1 unspecified atom stereocenters. The van der Waals surface area contributed by atoms with Crippen LogP contribution in [0, 0.1) is 5.92 Å². The number of methoxy groups -OCH3 is 1. The van der Waals surface area contributed by atoms with Crippen molar-refractivity contribution in [2.24, 2.45) is 13.0 Å². The van der Waals surface area contributed by atoms with Gasteiger partial charge in [0.15, 0.2) is 0 Å². The minimum Gasteiger partial charge on any atom is -0.383 e. The molecule has 0 amide bonds. The number of alkyl halides is 3. The molecule has 4 aromatic rings. The zero-order chi connectivity index (χ0) is 28.0. The van der Waals surface area contributed by atoms with E-state index in [4.69, 9.17) is 4.74 Å². The number of benzene rings is 1. The third kappa shape index (κ3) is 4.85. The van der Waals surface area contributed by atoms with Crippen molar-refractivity contribution in [2.45, 2.75) is 56.8 Å². The molecule has 2 atom stereocenters. The highest BCUT2D eigenvalue weighted by Crippen LogP contribution is 2.43. The monoisotopic (exact) mass is 554 g/mol. The summed E-state index contributed by atoms with van der Waals surface area (Å²) in [6.45, 7) is 1.63. The van der Waals surface area contributed by atoms with Crippen molar-refractivity contribution in [3.05, 3.63) is 82.1 Å². The lowest BCUT2D eigenvalue weighted by Crippen LogP contribution is -2.32. The van der Waals surface area contributed by atoms with Crippen LogP contribution >= 0.6 is 0 Å². The summed E-state index contributed by atoms with van der Waals surface area (Å²) in [4.78, 5) is 15.8. The molecular weight excluding hydrogens is 521 g/mol. The van der Waals surface area contributed by atoms with Gasteiger partial charge in [-0.25, -0.2) is 4.79 Å². The van der Waals surface area contributed by atoms with E-state index in [0.29, 0.717) is 30.3 Å². The fraction of sp³-hybridized carbons (Fsp3) is 0.483. The summed E-state index contributed by atoms with van der Waals surface area (Å²) in [5.41, 5.74) is 0.427. The highest BCUT2D eigenvalue weighted by molar-refractivity contribution is 5.58. The third-order valence-corrected chi connectivity index (χ3v) is 8.53. The number of hydrogen-bond acceptors (Lipinski definition) is 5. The molecule has 2 fully saturated rings. The van der Waals surface area contributed by atoms with Gasteiger partial charge in [0, 0.05) is 45.1 Å². The second-order valence-corrected chi connectivity index (χ2v) is 11.1. The maximum atomic E-state index is 14.3. The van der Waals surface area contributed by atoms with Gasteiger partial charge in [-0.1, -0.05) is 18.6 Å². The molecule has 212 valence electrons. The van der Waals surface area contributed by atoms with Gasteiger partial charge in [0.05, 0.1) is 23.4 Å². The average Bonchev–Trinajstić information content (AvgIpc) is 3.60. The fourth-order valence-corrected chi connectivity index (χ4v) is 6.31. The molecule has 1 saturated heterocycles. The summed E-state index contributed by atoms with van der Waals surface area (Å²) in [6.07, 6.45) is 5.09. The SMILES string of the molecule is COC[C@@H]1CCCN1Cc1cc(C(F)(F)F)c2cn(-c3cccc(C(c4nncn4C)C4CCC4)c3)c(=O)n2c1. The molecule has 3 aromatic heterocycles. The van der Waals surface area contributed by atoms with E-state index in [1.807, 2.05) is 29.8 Å². The lowest BCUT2D eigenvalue weighted by Gasteiger charge is -2.33. The van der Waals surface area contributed by atoms with Gasteiger partial charge >= 0.3 is 11.9 Å². The summed E-state index contributed by atoms with van der Waals surface area (Å²) in [6, 6.07) is 8.82. The first-order valence-electron chi connectivity index (χ1n) is 13.8. The summed E-state index contributed by atoms with van der Waals surface area (Å²) >= 11 is 0. The van der Waals surface area contributed by atoms with Crippen molar-refractivity contribution in [3.8, 4) is 5.69 Å². The standard InChI is InChI=1S/C29H33F3N6O2/c1-35-18-33-34-27(35)26(20-6-3-7-20)21-8-4-9-22(13-21)37-16-25-24(29(30,31)32)12-19(15-38(25)28(37)39)14-36-11-5-10-23(36)17-40-2/h4,8-9,12-13,15-16,18,20,23,26H,3,5-7,10-11,14,17H2,1-2H3/t23-,26?/m0/s1. The molecule has 1 aromatic carbocycles. The Bertz CT molecular complexity index is 1570. The van der Waals surface area contributed by atoms with Crippen LogP contribution in [0.5, 0.6) is 0 Å². The lowest BCUT2D eigenvalue weighted by molar-refractivity contribution is -0.136. The molecule has 2 aliphatic rings. The predicted octanol–water partition coefficient (Wildman–Crippen LogP) is 4.78. The van der Waals surface area contributed by atoms with Crippen molar-refractivity contribution < 1.29 is 17.9 Å². The van der Waals surface area contributed by atoms with Crippen LogP contribution in [0.1, 0.15) is 60.5 Å². The Morgan fingerprint density at radius 3 is 2.62 bits per heavy atom. The Kier molecular flexibility index (Phi) is 7.03. The molecule has 0 N–H and O–H groups in total. The minimum absolute atomic E-state index is 0.00761. The molecule has 1 saturated carbocycles. The van der Waals surface area contributed by atoms with Crippen molar-refractivity contribution in [1.29, 1.82) is 0 Å². The van der Waals surface area contributed by atoms with Gasteiger partial charge in [-0.3, -0.25) is 13.9 Å². The number of aryl methyl sites for hydroxylation is 1. The number of hydrogen-bond donors (Lipinski definition) is 0. The molecule has 4 heterocycles. The minimum atomic E-state index is -4.61. The normalized spacial score (nSPS) is 19.4. The van der Waals surface area contributed by atoms with Crippen LogP contribution in [0.15, 0.2) is 53.8 Å². The lowest BCUT2D eigenvalue weighted by atomic mass is 9.72. The second-order valence-electron chi connectivity index (χ2n) is 11.1. The number of fused-ring (bicyclic) bond motifs is 1. The van der Waals surface area contributed by atoms with Gasteiger partial charge in [-0.05, 0) is 67.5 Å². The summed E-state index contributed by atoms with van der Waals surface area (Å²) in [5.74, 6) is 1.23. The van der Waals surface area contributed by atoms with E-state index in [2.05, 4.69) is 15.1 Å². The summed E-state index contributed by atoms with van der Waals surface area (Å²) in [5, 5.41) is 8.42. The van der Waals surface area contributed by atoms with E-state index in [1.165, 1.54) is 16.8 Å². The first kappa shape index (κ1) is 26.8. The van der Waals surface area contributed by atoms with E-state index in [1.54, 1.807) is 25.7 Å². The molecule has 6 rings (SSSR count). The van der Waals surface area contributed by atoms with Crippen LogP contribution in [0.25, 0.3) is 11.2 Å². The van der Waals surface area contributed by atoms with Crippen LogP contribution in [0.3, 0.4) is 0 Å². The predicted molar refractivity (Wildman–Crippen MR) is 143 cm³/mol. The number of nitrogens with zero attached hydrogens (tertiary/aromatic N) is 6. The Morgan fingerprint density at radius 1 is 1.12 bits per heavy atom. The number of rotatable bonds is 8. The van der Waals surface area contributed by atoms with Crippen molar-refractivity contribution >= 4 is 5.52 Å². The van der Waals surface area contributed by atoms with E-state index in [9.17, 15) is 18.0 Å². The molecule has 40 heavy (non-hydrogen) atoms. The smallest absolute Gasteiger partial charge is 0.383 e. The van der Waals surface area contributed by atoms with Gasteiger partial charge in [0.1, 0.15) is 12.2 Å². The molecule has 11 heteroatoms. The van der Waals surface area contributed by atoms with E-state index in [-0.39, 0.29) is 17.5 Å². The van der Waals surface area contributed by atoms with Gasteiger partial charge < -0.3 is 9.30 Å². The second kappa shape index (κ2) is 10.5. The number of pyridine rings is 1. The summed E-state index contributed by atoms with van der Waals surface area (Å²) in [7, 11) is 3.54. The van der Waals surface area contributed by atoms with Gasteiger partial charge in [0.25, 0.3) is 0 Å². The highest BCUT2D eigenvalue weighted by atomic mass is 19.4. The number of aromatic nitrogens is 5. The summed E-state index contributed by atoms with van der Waals surface area (Å²) < 4.78 is 52.5. The molecule has 8 nitrogen and oxygen atoms in total. The van der Waals surface area contributed by atoms with Crippen molar-refractivity contribution in [2.75, 3.05) is 20.3 Å². The van der Waals surface area contributed by atoms with E-state index in [0.717, 1.165) is 54.4 Å². The van der Waals surface area contributed by atoms with Crippen LogP contribution < -0.4 is 5.69 Å². The maximum Gasteiger partial charge on any atom is 0.418 e. The average molecular weight is 555 g/mol. The Hall–Kier alpha value is -3.44. The third-order valence-electron chi connectivity index (χ3n) is 8.53. The number of likely N-dealkylation sites (tertiary alicyclic amines) is 1. The maximum absolute atomic E-state index is 14.3.